The lowest BCUT2D eigenvalue weighted by Crippen LogP contribution is -2.32. The Balaban J connectivity index is 2.05. The highest BCUT2D eigenvalue weighted by atomic mass is 35.5. The highest BCUT2D eigenvalue weighted by molar-refractivity contribution is 6.32. The Morgan fingerprint density at radius 1 is 1.17 bits per heavy atom. The fourth-order valence-electron chi connectivity index (χ4n) is 2.18. The molecule has 1 atom stereocenters. The molecule has 0 fully saturated rings. The Bertz CT molecular complexity index is 716. The number of rotatable bonds is 5. The van der Waals surface area contributed by atoms with Crippen LogP contribution in [0.5, 0.6) is 5.75 Å². The predicted octanol–water partition coefficient (Wildman–Crippen LogP) is 4.40. The Morgan fingerprint density at radius 3 is 2.57 bits per heavy atom. The van der Waals surface area contributed by atoms with Gasteiger partial charge in [0.15, 0.2) is 0 Å². The normalized spacial score (nSPS) is 11.7. The summed E-state index contributed by atoms with van der Waals surface area (Å²) in [5, 5.41) is 6.58. The quantitative estimate of drug-likeness (QED) is 0.853. The molecule has 0 radical (unpaired) electrons. The van der Waals surface area contributed by atoms with E-state index in [1.165, 1.54) is 0 Å². The topological polar surface area (TPSA) is 50.4 Å². The number of benzene rings is 2. The molecule has 0 aliphatic heterocycles. The van der Waals surface area contributed by atoms with Gasteiger partial charge in [0.25, 0.3) is 0 Å². The number of ether oxygens (including phenoxy) is 1. The van der Waals surface area contributed by atoms with Gasteiger partial charge in [-0.1, -0.05) is 23.7 Å². The van der Waals surface area contributed by atoms with Gasteiger partial charge in [-0.15, -0.1) is 0 Å². The molecule has 1 amide bonds. The molecule has 0 bridgehead atoms. The average molecular weight is 333 g/mol. The van der Waals surface area contributed by atoms with Crippen molar-refractivity contribution >= 4 is 28.9 Å². The zero-order valence-electron chi connectivity index (χ0n) is 13.7. The number of carbonyl (C=O) groups is 1. The second-order valence-electron chi connectivity index (χ2n) is 5.52. The van der Waals surface area contributed by atoms with Crippen molar-refractivity contribution in [1.82, 2.24) is 0 Å². The minimum Gasteiger partial charge on any atom is -0.495 e. The Kier molecular flexibility index (Phi) is 5.50. The maximum absolute atomic E-state index is 12.4. The summed E-state index contributed by atoms with van der Waals surface area (Å²) < 4.78 is 5.12. The molecule has 5 heteroatoms. The fourth-order valence-corrected chi connectivity index (χ4v) is 2.44. The second kappa shape index (κ2) is 7.38. The van der Waals surface area contributed by atoms with Crippen LogP contribution in [0.3, 0.4) is 0 Å². The van der Waals surface area contributed by atoms with Gasteiger partial charge < -0.3 is 15.4 Å². The Labute approximate surface area is 141 Å². The van der Waals surface area contributed by atoms with E-state index in [1.54, 1.807) is 26.2 Å². The first-order valence-corrected chi connectivity index (χ1v) is 7.76. The molecular weight excluding hydrogens is 312 g/mol. The first-order valence-electron chi connectivity index (χ1n) is 7.39. The summed E-state index contributed by atoms with van der Waals surface area (Å²) in [4.78, 5) is 12.4. The zero-order valence-corrected chi connectivity index (χ0v) is 14.5. The molecule has 0 saturated carbocycles. The summed E-state index contributed by atoms with van der Waals surface area (Å²) in [6.45, 7) is 5.77. The molecule has 0 saturated heterocycles. The number of aryl methyl sites for hydroxylation is 2. The van der Waals surface area contributed by atoms with Gasteiger partial charge in [-0.05, 0) is 56.2 Å². The van der Waals surface area contributed by atoms with Gasteiger partial charge >= 0.3 is 0 Å². The average Bonchev–Trinajstić information content (AvgIpc) is 2.51. The SMILES string of the molecule is COc1ccc(NC(C)C(=O)Nc2cc(C)ccc2C)cc1Cl. The summed E-state index contributed by atoms with van der Waals surface area (Å²) in [6, 6.07) is 10.9. The molecular formula is C18H21ClN2O2. The first-order chi connectivity index (χ1) is 10.9. The summed E-state index contributed by atoms with van der Waals surface area (Å²) >= 11 is 6.09. The van der Waals surface area contributed by atoms with Crippen LogP contribution in [-0.4, -0.2) is 19.1 Å². The Morgan fingerprint density at radius 2 is 1.91 bits per heavy atom. The molecule has 0 heterocycles. The van der Waals surface area contributed by atoms with Gasteiger partial charge in [-0.2, -0.15) is 0 Å². The van der Waals surface area contributed by atoms with Crippen molar-refractivity contribution in [1.29, 1.82) is 0 Å². The smallest absolute Gasteiger partial charge is 0.246 e. The maximum Gasteiger partial charge on any atom is 0.246 e. The van der Waals surface area contributed by atoms with E-state index in [0.717, 1.165) is 22.5 Å². The molecule has 0 aliphatic carbocycles. The maximum atomic E-state index is 12.4. The van der Waals surface area contributed by atoms with E-state index >= 15 is 0 Å². The highest BCUT2D eigenvalue weighted by Gasteiger charge is 2.14. The van der Waals surface area contributed by atoms with Crippen molar-refractivity contribution in [3.05, 3.63) is 52.5 Å². The number of hydrogen-bond acceptors (Lipinski definition) is 3. The lowest BCUT2D eigenvalue weighted by Gasteiger charge is -2.17. The van der Waals surface area contributed by atoms with Crippen molar-refractivity contribution in [2.75, 3.05) is 17.7 Å². The molecule has 0 aliphatic rings. The summed E-state index contributed by atoms with van der Waals surface area (Å²) in [7, 11) is 1.56. The molecule has 2 N–H and O–H groups in total. The molecule has 2 rings (SSSR count). The van der Waals surface area contributed by atoms with Gasteiger partial charge in [0, 0.05) is 11.4 Å². The zero-order chi connectivity index (χ0) is 17.0. The van der Waals surface area contributed by atoms with Gasteiger partial charge in [0.2, 0.25) is 5.91 Å². The van der Waals surface area contributed by atoms with Crippen molar-refractivity contribution in [3.63, 3.8) is 0 Å². The van der Waals surface area contributed by atoms with Crippen LogP contribution in [0.15, 0.2) is 36.4 Å². The van der Waals surface area contributed by atoms with Gasteiger partial charge in [-0.25, -0.2) is 0 Å². The molecule has 0 aromatic heterocycles. The van der Waals surface area contributed by atoms with E-state index in [1.807, 2.05) is 38.1 Å². The molecule has 2 aromatic carbocycles. The third-order valence-electron chi connectivity index (χ3n) is 3.58. The number of carbonyl (C=O) groups excluding carboxylic acids is 1. The van der Waals surface area contributed by atoms with Crippen LogP contribution in [-0.2, 0) is 4.79 Å². The number of halogens is 1. The third kappa shape index (κ3) is 4.39. The number of amides is 1. The van der Waals surface area contributed by atoms with Crippen molar-refractivity contribution in [2.24, 2.45) is 0 Å². The minimum atomic E-state index is -0.403. The fraction of sp³-hybridized carbons (Fsp3) is 0.278. The summed E-state index contributed by atoms with van der Waals surface area (Å²) in [5.74, 6) is 0.496. The van der Waals surface area contributed by atoms with Crippen molar-refractivity contribution in [3.8, 4) is 5.75 Å². The lowest BCUT2D eigenvalue weighted by molar-refractivity contribution is -0.116. The van der Waals surface area contributed by atoms with E-state index in [2.05, 4.69) is 10.6 Å². The number of anilines is 2. The van der Waals surface area contributed by atoms with E-state index in [0.29, 0.717) is 10.8 Å². The van der Waals surface area contributed by atoms with Crippen LogP contribution < -0.4 is 15.4 Å². The van der Waals surface area contributed by atoms with Crippen molar-refractivity contribution < 1.29 is 9.53 Å². The third-order valence-corrected chi connectivity index (χ3v) is 3.87. The van der Waals surface area contributed by atoms with Gasteiger partial charge in [-0.3, -0.25) is 4.79 Å². The molecule has 23 heavy (non-hydrogen) atoms. The Hall–Kier alpha value is -2.20. The lowest BCUT2D eigenvalue weighted by atomic mass is 10.1. The van der Waals surface area contributed by atoms with Crippen LogP contribution in [0.4, 0.5) is 11.4 Å². The largest absolute Gasteiger partial charge is 0.495 e. The van der Waals surface area contributed by atoms with E-state index < -0.39 is 6.04 Å². The van der Waals surface area contributed by atoms with E-state index in [4.69, 9.17) is 16.3 Å². The molecule has 1 unspecified atom stereocenters. The second-order valence-corrected chi connectivity index (χ2v) is 5.93. The van der Waals surface area contributed by atoms with Crippen LogP contribution in [0.25, 0.3) is 0 Å². The summed E-state index contributed by atoms with van der Waals surface area (Å²) in [5.41, 5.74) is 3.73. The predicted molar refractivity (Wildman–Crippen MR) is 95.6 cm³/mol. The molecule has 0 spiro atoms. The number of methoxy groups -OCH3 is 1. The van der Waals surface area contributed by atoms with Crippen LogP contribution in [0.2, 0.25) is 5.02 Å². The first kappa shape index (κ1) is 17.2. The standard InChI is InChI=1S/C18H21ClN2O2/c1-11-5-6-12(2)16(9-11)21-18(22)13(3)20-14-7-8-17(23-4)15(19)10-14/h5-10,13,20H,1-4H3,(H,21,22). The van der Waals surface area contributed by atoms with Gasteiger partial charge in [0.1, 0.15) is 11.8 Å². The number of hydrogen-bond donors (Lipinski definition) is 2. The highest BCUT2D eigenvalue weighted by Crippen LogP contribution is 2.27. The van der Waals surface area contributed by atoms with E-state index in [-0.39, 0.29) is 5.91 Å². The van der Waals surface area contributed by atoms with Gasteiger partial charge in [0.05, 0.1) is 12.1 Å². The van der Waals surface area contributed by atoms with Crippen LogP contribution in [0, 0.1) is 13.8 Å². The molecule has 122 valence electrons. The van der Waals surface area contributed by atoms with Crippen molar-refractivity contribution in [2.45, 2.75) is 26.8 Å². The molecule has 4 nitrogen and oxygen atoms in total. The van der Waals surface area contributed by atoms with Crippen LogP contribution in [0.1, 0.15) is 18.1 Å². The monoisotopic (exact) mass is 332 g/mol. The number of nitrogens with one attached hydrogen (secondary N) is 2. The summed E-state index contributed by atoms with van der Waals surface area (Å²) in [6.07, 6.45) is 0. The minimum absolute atomic E-state index is 0.106. The van der Waals surface area contributed by atoms with Crippen LogP contribution >= 0.6 is 11.6 Å². The molecule has 2 aromatic rings. The van der Waals surface area contributed by atoms with E-state index in [9.17, 15) is 4.79 Å².